The summed E-state index contributed by atoms with van der Waals surface area (Å²) in [5.74, 6) is -1.33. The van der Waals surface area contributed by atoms with Gasteiger partial charge >= 0.3 is 11.9 Å². The molecule has 0 heterocycles. The van der Waals surface area contributed by atoms with Crippen molar-refractivity contribution in [1.82, 2.24) is 0 Å². The van der Waals surface area contributed by atoms with Crippen molar-refractivity contribution in [2.45, 2.75) is 24.9 Å². The van der Waals surface area contributed by atoms with E-state index in [0.717, 1.165) is 11.1 Å². The van der Waals surface area contributed by atoms with Crippen molar-refractivity contribution in [2.24, 2.45) is 11.5 Å². The van der Waals surface area contributed by atoms with E-state index in [4.69, 9.17) is 16.6 Å². The third-order valence-corrected chi connectivity index (χ3v) is 3.42. The van der Waals surface area contributed by atoms with Gasteiger partial charge in [-0.25, -0.2) is 0 Å². The van der Waals surface area contributed by atoms with Gasteiger partial charge in [0, 0.05) is 0 Å². The normalized spacial score (nSPS) is 11.8. The first kappa shape index (κ1) is 23.6. The smallest absolute Gasteiger partial charge is 0.322 e. The first-order chi connectivity index (χ1) is 11.9. The molecule has 0 saturated heterocycles. The lowest BCUT2D eigenvalue weighted by atomic mass is 10.1. The molecule has 0 unspecified atom stereocenters. The molecule has 26 heavy (non-hydrogen) atoms. The summed E-state index contributed by atoms with van der Waals surface area (Å²) in [6, 6.07) is 17.6. The van der Waals surface area contributed by atoms with E-state index in [1.165, 1.54) is 7.11 Å². The summed E-state index contributed by atoms with van der Waals surface area (Å²) in [7, 11) is 1.34. The van der Waals surface area contributed by atoms with E-state index < -0.39 is 18.1 Å². The van der Waals surface area contributed by atoms with Crippen molar-refractivity contribution in [3.63, 3.8) is 0 Å². The van der Waals surface area contributed by atoms with Crippen molar-refractivity contribution in [1.29, 1.82) is 0 Å². The molecule has 7 heteroatoms. The third kappa shape index (κ3) is 9.17. The highest BCUT2D eigenvalue weighted by Gasteiger charge is 2.13. The highest BCUT2D eigenvalue weighted by Crippen LogP contribution is 2.02. The zero-order valence-corrected chi connectivity index (χ0v) is 15.4. The number of methoxy groups -OCH3 is 1. The summed E-state index contributed by atoms with van der Waals surface area (Å²) in [5.41, 5.74) is 12.9. The number of carbonyl (C=O) groups excluding carboxylic acids is 1. The van der Waals surface area contributed by atoms with E-state index in [2.05, 4.69) is 4.74 Å². The van der Waals surface area contributed by atoms with Gasteiger partial charge < -0.3 is 21.3 Å². The van der Waals surface area contributed by atoms with Crippen LogP contribution in [0.1, 0.15) is 11.1 Å². The number of ether oxygens (including phenoxy) is 1. The molecule has 2 atom stereocenters. The predicted molar refractivity (Wildman–Crippen MR) is 103 cm³/mol. The van der Waals surface area contributed by atoms with Crippen LogP contribution in [0.5, 0.6) is 0 Å². The first-order valence-corrected chi connectivity index (χ1v) is 7.83. The maximum atomic E-state index is 11.0. The average Bonchev–Trinajstić information content (AvgIpc) is 2.63. The van der Waals surface area contributed by atoms with Crippen LogP contribution in [-0.2, 0) is 27.2 Å². The molecule has 0 amide bonds. The minimum atomic E-state index is -0.959. The van der Waals surface area contributed by atoms with Gasteiger partial charge in [-0.2, -0.15) is 0 Å². The summed E-state index contributed by atoms with van der Waals surface area (Å²) in [4.78, 5) is 21.3. The second kappa shape index (κ2) is 12.9. The molecule has 2 aromatic carbocycles. The Morgan fingerprint density at radius 2 is 1.27 bits per heavy atom. The van der Waals surface area contributed by atoms with E-state index in [1.54, 1.807) is 0 Å². The highest BCUT2D eigenvalue weighted by atomic mass is 35.5. The summed E-state index contributed by atoms with van der Waals surface area (Å²) in [6.45, 7) is 0. The van der Waals surface area contributed by atoms with Crippen LogP contribution in [-0.4, -0.2) is 36.2 Å². The Morgan fingerprint density at radius 1 is 0.885 bits per heavy atom. The maximum absolute atomic E-state index is 11.0. The van der Waals surface area contributed by atoms with Crippen molar-refractivity contribution in [3.05, 3.63) is 71.8 Å². The van der Waals surface area contributed by atoms with Crippen LogP contribution in [0, 0.1) is 0 Å². The van der Waals surface area contributed by atoms with Gasteiger partial charge in [0.15, 0.2) is 0 Å². The van der Waals surface area contributed by atoms with E-state index in [1.807, 2.05) is 60.7 Å². The fourth-order valence-electron chi connectivity index (χ4n) is 2.06. The molecule has 0 fully saturated rings. The summed E-state index contributed by atoms with van der Waals surface area (Å²) < 4.78 is 4.52. The molecule has 0 aromatic heterocycles. The van der Waals surface area contributed by atoms with Crippen molar-refractivity contribution < 1.29 is 19.4 Å². The van der Waals surface area contributed by atoms with Crippen LogP contribution in [0.3, 0.4) is 0 Å². The topological polar surface area (TPSA) is 116 Å². The highest BCUT2D eigenvalue weighted by molar-refractivity contribution is 5.85. The van der Waals surface area contributed by atoms with Crippen LogP contribution < -0.4 is 11.5 Å². The lowest BCUT2D eigenvalue weighted by molar-refractivity contribution is -0.142. The summed E-state index contributed by atoms with van der Waals surface area (Å²) >= 11 is 0. The minimum Gasteiger partial charge on any atom is -0.480 e. The number of rotatable bonds is 6. The Labute approximate surface area is 159 Å². The van der Waals surface area contributed by atoms with E-state index in [0.29, 0.717) is 12.8 Å². The second-order valence-corrected chi connectivity index (χ2v) is 5.45. The molecule has 0 aliphatic rings. The van der Waals surface area contributed by atoms with Crippen molar-refractivity contribution in [2.75, 3.05) is 7.11 Å². The standard InChI is InChI=1S/C10H13NO2.C9H11NO2.ClH/c1-13-10(12)9(11)7-8-5-3-2-4-6-8;10-8(9(11)12)6-7-4-2-1-3-5-7;/h2-6,9H,7,11H2,1H3;1-5,8H,6,10H2,(H,11,12);1H/t9-;8-;/m00./s1. The SMILES string of the molecule is COC(=O)[C@@H](N)Cc1ccccc1.Cl.N[C@@H](Cc1ccccc1)C(=O)O. The Hall–Kier alpha value is -2.41. The molecular formula is C19H25ClN2O4. The maximum Gasteiger partial charge on any atom is 0.322 e. The zero-order chi connectivity index (χ0) is 18.7. The van der Waals surface area contributed by atoms with Gasteiger partial charge in [0.25, 0.3) is 0 Å². The van der Waals surface area contributed by atoms with Gasteiger partial charge in [0.05, 0.1) is 7.11 Å². The number of esters is 1. The Balaban J connectivity index is 0.000000464. The molecule has 0 aliphatic heterocycles. The Kier molecular flexibility index (Phi) is 11.7. The fourth-order valence-corrected chi connectivity index (χ4v) is 2.06. The molecule has 2 aromatic rings. The quantitative estimate of drug-likeness (QED) is 0.658. The van der Waals surface area contributed by atoms with Gasteiger partial charge in [-0.1, -0.05) is 60.7 Å². The molecular weight excluding hydrogens is 356 g/mol. The predicted octanol–water partition coefficient (Wildman–Crippen LogP) is 1.79. The van der Waals surface area contributed by atoms with Gasteiger partial charge in [-0.15, -0.1) is 12.4 Å². The van der Waals surface area contributed by atoms with Crippen LogP contribution in [0.15, 0.2) is 60.7 Å². The van der Waals surface area contributed by atoms with Gasteiger partial charge in [0.2, 0.25) is 0 Å². The number of carboxylic acid groups (broad SMARTS) is 1. The average molecular weight is 381 g/mol. The largest absolute Gasteiger partial charge is 0.480 e. The molecule has 0 aliphatic carbocycles. The molecule has 6 nitrogen and oxygen atoms in total. The van der Waals surface area contributed by atoms with Gasteiger partial charge in [-0.3, -0.25) is 9.59 Å². The third-order valence-electron chi connectivity index (χ3n) is 3.42. The van der Waals surface area contributed by atoms with E-state index >= 15 is 0 Å². The van der Waals surface area contributed by atoms with E-state index in [-0.39, 0.29) is 18.4 Å². The number of hydrogen-bond donors (Lipinski definition) is 3. The molecule has 5 N–H and O–H groups in total. The monoisotopic (exact) mass is 380 g/mol. The first-order valence-electron chi connectivity index (χ1n) is 7.83. The number of nitrogens with two attached hydrogens (primary N) is 2. The number of aliphatic carboxylic acids is 1. The van der Waals surface area contributed by atoms with Crippen LogP contribution in [0.25, 0.3) is 0 Å². The Bertz CT molecular complexity index is 653. The number of halogens is 1. The second-order valence-electron chi connectivity index (χ2n) is 5.45. The molecule has 0 bridgehead atoms. The molecule has 0 spiro atoms. The van der Waals surface area contributed by atoms with Crippen LogP contribution >= 0.6 is 12.4 Å². The number of benzene rings is 2. The Morgan fingerprint density at radius 3 is 1.62 bits per heavy atom. The lowest BCUT2D eigenvalue weighted by Crippen LogP contribution is -2.33. The number of carboxylic acids is 1. The lowest BCUT2D eigenvalue weighted by Gasteiger charge is -2.08. The van der Waals surface area contributed by atoms with Gasteiger partial charge in [-0.05, 0) is 24.0 Å². The number of hydrogen-bond acceptors (Lipinski definition) is 5. The fraction of sp³-hybridized carbons (Fsp3) is 0.263. The molecule has 142 valence electrons. The van der Waals surface area contributed by atoms with Crippen LogP contribution in [0.4, 0.5) is 0 Å². The van der Waals surface area contributed by atoms with E-state index in [9.17, 15) is 9.59 Å². The summed E-state index contributed by atoms with van der Waals surface area (Å²) in [6.07, 6.45) is 0.906. The number of carbonyl (C=O) groups is 2. The molecule has 0 saturated carbocycles. The minimum absolute atomic E-state index is 0. The summed E-state index contributed by atoms with van der Waals surface area (Å²) in [5, 5.41) is 8.52. The van der Waals surface area contributed by atoms with Crippen LogP contribution in [0.2, 0.25) is 0 Å². The molecule has 0 radical (unpaired) electrons. The van der Waals surface area contributed by atoms with Gasteiger partial charge in [0.1, 0.15) is 12.1 Å². The van der Waals surface area contributed by atoms with Crippen molar-refractivity contribution >= 4 is 24.3 Å². The van der Waals surface area contributed by atoms with Crippen molar-refractivity contribution in [3.8, 4) is 0 Å². The zero-order valence-electron chi connectivity index (χ0n) is 14.6. The molecule has 2 rings (SSSR count).